The lowest BCUT2D eigenvalue weighted by molar-refractivity contribution is 1.92. The molecular formula is C8H8NPS2. The fourth-order valence-electron chi connectivity index (χ4n) is 0.938. The van der Waals surface area contributed by atoms with Crippen LogP contribution in [0.25, 0.3) is 0 Å². The molecule has 0 saturated carbocycles. The summed E-state index contributed by atoms with van der Waals surface area (Å²) >= 11 is 3.41. The van der Waals surface area contributed by atoms with Crippen molar-refractivity contribution in [2.45, 2.75) is 0 Å². The van der Waals surface area contributed by atoms with Gasteiger partial charge in [-0.05, 0) is 33.7 Å². The summed E-state index contributed by atoms with van der Waals surface area (Å²) < 4.78 is 0. The topological polar surface area (TPSA) is 26.0 Å². The summed E-state index contributed by atoms with van der Waals surface area (Å²) in [5.41, 5.74) is 6.08. The zero-order chi connectivity index (χ0) is 8.39. The summed E-state index contributed by atoms with van der Waals surface area (Å²) in [4.78, 5) is 0. The van der Waals surface area contributed by atoms with Crippen molar-refractivity contribution in [2.24, 2.45) is 5.50 Å². The van der Waals surface area contributed by atoms with E-state index in [1.54, 1.807) is 22.7 Å². The van der Waals surface area contributed by atoms with Gasteiger partial charge in [-0.25, -0.2) is 0 Å². The van der Waals surface area contributed by atoms with Gasteiger partial charge in [0.25, 0.3) is 0 Å². The average Bonchev–Trinajstić information content (AvgIpc) is 2.77. The van der Waals surface area contributed by atoms with Crippen LogP contribution in [0.2, 0.25) is 0 Å². The van der Waals surface area contributed by atoms with Gasteiger partial charge in [0.15, 0.2) is 0 Å². The highest BCUT2D eigenvalue weighted by Crippen LogP contribution is 2.25. The Kier molecular flexibility index (Phi) is 2.57. The minimum absolute atomic E-state index is 0.576. The van der Waals surface area contributed by atoms with E-state index in [0.29, 0.717) is 0 Å². The molecule has 2 heterocycles. The van der Waals surface area contributed by atoms with E-state index in [1.165, 1.54) is 10.6 Å². The predicted octanol–water partition coefficient (Wildman–Crippen LogP) is 2.12. The van der Waals surface area contributed by atoms with Crippen LogP contribution >= 0.6 is 30.7 Å². The molecule has 12 heavy (non-hydrogen) atoms. The number of rotatable bonds is 2. The predicted molar refractivity (Wildman–Crippen MR) is 59.0 cm³/mol. The molecule has 0 aliphatic rings. The number of hydrogen-bond donors (Lipinski definition) is 1. The third-order valence-corrected chi connectivity index (χ3v) is 4.95. The Balaban J connectivity index is 2.27. The summed E-state index contributed by atoms with van der Waals surface area (Å²) in [7, 11) is -0.576. The lowest BCUT2D eigenvalue weighted by Crippen LogP contribution is -2.13. The maximum Gasteiger partial charge on any atom is 0.0242 e. The first-order chi connectivity index (χ1) is 5.88. The van der Waals surface area contributed by atoms with Gasteiger partial charge in [-0.3, -0.25) is 0 Å². The second kappa shape index (κ2) is 3.67. The molecule has 0 spiro atoms. The Morgan fingerprint density at radius 2 is 1.50 bits per heavy atom. The van der Waals surface area contributed by atoms with Crippen molar-refractivity contribution in [1.29, 1.82) is 0 Å². The Hall–Kier alpha value is -0.210. The van der Waals surface area contributed by atoms with Gasteiger partial charge in [-0.15, -0.1) is 0 Å². The number of nitrogens with two attached hydrogens (primary N) is 1. The quantitative estimate of drug-likeness (QED) is 0.760. The first kappa shape index (κ1) is 8.39. The van der Waals surface area contributed by atoms with E-state index in [0.717, 1.165) is 0 Å². The van der Waals surface area contributed by atoms with Gasteiger partial charge in [0, 0.05) is 18.7 Å². The van der Waals surface area contributed by atoms with Gasteiger partial charge < -0.3 is 5.50 Å². The van der Waals surface area contributed by atoms with Crippen LogP contribution in [0, 0.1) is 0 Å². The standard InChI is InChI=1S/C8H8NPS2/c9-10(7-1-3-11-5-7)8-2-4-12-6-8/h1-6H,9H2. The summed E-state index contributed by atoms with van der Waals surface area (Å²) in [6.07, 6.45) is 0. The van der Waals surface area contributed by atoms with Crippen molar-refractivity contribution < 1.29 is 0 Å². The van der Waals surface area contributed by atoms with Gasteiger partial charge in [0.1, 0.15) is 0 Å². The summed E-state index contributed by atoms with van der Waals surface area (Å²) in [5, 5.41) is 10.9. The van der Waals surface area contributed by atoms with Crippen LogP contribution in [0.1, 0.15) is 0 Å². The average molecular weight is 213 g/mol. The number of hydrogen-bond acceptors (Lipinski definition) is 3. The van der Waals surface area contributed by atoms with E-state index in [2.05, 4.69) is 33.7 Å². The van der Waals surface area contributed by atoms with E-state index in [-0.39, 0.29) is 0 Å². The Morgan fingerprint density at radius 3 is 1.83 bits per heavy atom. The molecule has 0 fully saturated rings. The van der Waals surface area contributed by atoms with E-state index in [4.69, 9.17) is 5.50 Å². The van der Waals surface area contributed by atoms with E-state index < -0.39 is 8.07 Å². The largest absolute Gasteiger partial charge is 0.302 e. The maximum atomic E-state index is 6.08. The maximum absolute atomic E-state index is 6.08. The highest BCUT2D eigenvalue weighted by Gasteiger charge is 2.08. The van der Waals surface area contributed by atoms with Crippen molar-refractivity contribution in [3.63, 3.8) is 0 Å². The molecule has 0 aromatic carbocycles. The second-order valence-electron chi connectivity index (χ2n) is 2.33. The van der Waals surface area contributed by atoms with Crippen LogP contribution in [0.3, 0.4) is 0 Å². The lowest BCUT2D eigenvalue weighted by atomic mass is 10.7. The SMILES string of the molecule is NP(c1ccsc1)c1ccsc1. The van der Waals surface area contributed by atoms with Crippen molar-refractivity contribution in [2.75, 3.05) is 0 Å². The molecule has 1 nitrogen and oxygen atoms in total. The zero-order valence-electron chi connectivity index (χ0n) is 6.31. The molecule has 0 radical (unpaired) electrons. The highest BCUT2D eigenvalue weighted by atomic mass is 32.1. The van der Waals surface area contributed by atoms with Crippen LogP contribution in [0.4, 0.5) is 0 Å². The van der Waals surface area contributed by atoms with Crippen molar-refractivity contribution in [1.82, 2.24) is 0 Å². The second-order valence-corrected chi connectivity index (χ2v) is 5.67. The smallest absolute Gasteiger partial charge is 0.0242 e. The first-order valence-corrected chi connectivity index (χ1v) is 6.77. The zero-order valence-corrected chi connectivity index (χ0v) is 8.83. The van der Waals surface area contributed by atoms with Gasteiger partial charge in [0.05, 0.1) is 0 Å². The molecule has 2 aromatic rings. The third kappa shape index (κ3) is 1.59. The van der Waals surface area contributed by atoms with Crippen LogP contribution in [0.5, 0.6) is 0 Å². The van der Waals surface area contributed by atoms with Crippen LogP contribution in [-0.4, -0.2) is 0 Å². The molecule has 0 amide bonds. The molecule has 62 valence electrons. The normalized spacial score (nSPS) is 10.8. The lowest BCUT2D eigenvalue weighted by Gasteiger charge is -2.06. The number of thiophene rings is 2. The molecule has 2 aromatic heterocycles. The molecule has 4 heteroatoms. The molecule has 0 aliphatic carbocycles. The molecule has 2 N–H and O–H groups in total. The minimum atomic E-state index is -0.576. The molecule has 0 saturated heterocycles. The Labute approximate surface area is 80.7 Å². The van der Waals surface area contributed by atoms with Gasteiger partial charge >= 0.3 is 0 Å². The van der Waals surface area contributed by atoms with Crippen LogP contribution < -0.4 is 16.1 Å². The fraction of sp³-hybridized carbons (Fsp3) is 0. The van der Waals surface area contributed by atoms with E-state index in [9.17, 15) is 0 Å². The molecule has 2 rings (SSSR count). The summed E-state index contributed by atoms with van der Waals surface area (Å²) in [5.74, 6) is 0. The third-order valence-electron chi connectivity index (χ3n) is 1.57. The van der Waals surface area contributed by atoms with Crippen LogP contribution in [-0.2, 0) is 0 Å². The fourth-order valence-corrected chi connectivity index (χ4v) is 4.23. The first-order valence-electron chi connectivity index (χ1n) is 3.47. The van der Waals surface area contributed by atoms with Crippen molar-refractivity contribution >= 4 is 41.4 Å². The summed E-state index contributed by atoms with van der Waals surface area (Å²) in [6, 6.07) is 4.21. The van der Waals surface area contributed by atoms with E-state index in [1.807, 2.05) is 0 Å². The minimum Gasteiger partial charge on any atom is -0.302 e. The molecule has 0 atom stereocenters. The van der Waals surface area contributed by atoms with Crippen molar-refractivity contribution in [3.05, 3.63) is 33.7 Å². The Morgan fingerprint density at radius 1 is 1.00 bits per heavy atom. The molecule has 0 aliphatic heterocycles. The molecule has 0 unspecified atom stereocenters. The summed E-state index contributed by atoms with van der Waals surface area (Å²) in [6.45, 7) is 0. The van der Waals surface area contributed by atoms with Gasteiger partial charge in [0.2, 0.25) is 0 Å². The van der Waals surface area contributed by atoms with E-state index >= 15 is 0 Å². The van der Waals surface area contributed by atoms with Gasteiger partial charge in [-0.2, -0.15) is 22.7 Å². The molecule has 0 bridgehead atoms. The molecular weight excluding hydrogens is 205 g/mol. The van der Waals surface area contributed by atoms with Crippen LogP contribution in [0.15, 0.2) is 33.7 Å². The van der Waals surface area contributed by atoms with Crippen molar-refractivity contribution in [3.8, 4) is 0 Å². The van der Waals surface area contributed by atoms with Gasteiger partial charge in [-0.1, -0.05) is 0 Å². The monoisotopic (exact) mass is 213 g/mol. The highest BCUT2D eigenvalue weighted by molar-refractivity contribution is 7.71. The Bertz CT molecular complexity index is 294.